The zero-order valence-corrected chi connectivity index (χ0v) is 18.5. The molecule has 1 N–H and O–H groups in total. The second-order valence-electron chi connectivity index (χ2n) is 7.46. The Morgan fingerprint density at radius 1 is 1.13 bits per heavy atom. The van der Waals surface area contributed by atoms with Crippen molar-refractivity contribution in [1.82, 2.24) is 4.90 Å². The maximum Gasteiger partial charge on any atom is 0.278 e. The fourth-order valence-electron chi connectivity index (χ4n) is 3.15. The molecule has 0 radical (unpaired) electrons. The molecule has 0 saturated heterocycles. The summed E-state index contributed by atoms with van der Waals surface area (Å²) in [5.41, 5.74) is 1.51. The fraction of sp³-hybridized carbons (Fsp3) is 0.250. The van der Waals surface area contributed by atoms with Crippen LogP contribution in [0.1, 0.15) is 19.4 Å². The van der Waals surface area contributed by atoms with Crippen molar-refractivity contribution in [3.05, 3.63) is 71.4 Å². The predicted octanol–water partition coefficient (Wildman–Crippen LogP) is 4.76. The Morgan fingerprint density at radius 3 is 2.45 bits per heavy atom. The Labute approximate surface area is 187 Å². The van der Waals surface area contributed by atoms with Gasteiger partial charge in [-0.25, -0.2) is 0 Å². The van der Waals surface area contributed by atoms with Gasteiger partial charge in [0.25, 0.3) is 11.8 Å². The number of methoxy groups -OCH3 is 1. The quantitative estimate of drug-likeness (QED) is 0.449. The number of anilines is 1. The van der Waals surface area contributed by atoms with Gasteiger partial charge in [-0.2, -0.15) is 0 Å². The van der Waals surface area contributed by atoms with Crippen molar-refractivity contribution in [3.63, 3.8) is 0 Å². The summed E-state index contributed by atoms with van der Waals surface area (Å²) in [7, 11) is 1.52. The van der Waals surface area contributed by atoms with Gasteiger partial charge in [0.05, 0.1) is 25.0 Å². The van der Waals surface area contributed by atoms with Crippen LogP contribution in [0.3, 0.4) is 0 Å². The normalized spacial score (nSPS) is 13.8. The van der Waals surface area contributed by atoms with Crippen molar-refractivity contribution in [2.75, 3.05) is 25.6 Å². The van der Waals surface area contributed by atoms with Crippen LogP contribution in [0.4, 0.5) is 5.69 Å². The van der Waals surface area contributed by atoms with Crippen molar-refractivity contribution in [3.8, 4) is 11.5 Å². The number of benzene rings is 2. The molecule has 3 rings (SSSR count). The summed E-state index contributed by atoms with van der Waals surface area (Å²) in [5.74, 6) is 0.749. The minimum absolute atomic E-state index is 0.106. The minimum Gasteiger partial charge on any atom is -0.495 e. The van der Waals surface area contributed by atoms with Crippen LogP contribution in [0.25, 0.3) is 5.57 Å². The molecule has 1 heterocycles. The molecule has 162 valence electrons. The standard InChI is InChI=1S/C24H25ClN2O4/c1-5-12-27-23(28)21(16-6-9-18(10-7-16)31-14-15(2)3)22(24(27)29)26-19-13-17(25)8-11-20(19)30-4/h5-11,13,15,26H,1,12,14H2,2-4H3. The number of imide groups is 1. The molecule has 0 spiro atoms. The highest BCUT2D eigenvalue weighted by molar-refractivity contribution is 6.36. The lowest BCUT2D eigenvalue weighted by Crippen LogP contribution is -2.32. The van der Waals surface area contributed by atoms with Crippen LogP contribution in [0.5, 0.6) is 11.5 Å². The average Bonchev–Trinajstić information content (AvgIpc) is 2.97. The molecule has 1 aliphatic heterocycles. The summed E-state index contributed by atoms with van der Waals surface area (Å²) in [5, 5.41) is 3.53. The van der Waals surface area contributed by atoms with Gasteiger partial charge >= 0.3 is 0 Å². The van der Waals surface area contributed by atoms with E-state index in [2.05, 4.69) is 25.7 Å². The van der Waals surface area contributed by atoms with Crippen molar-refractivity contribution < 1.29 is 19.1 Å². The SMILES string of the molecule is C=CCN1C(=O)C(Nc2cc(Cl)ccc2OC)=C(c2ccc(OCC(C)C)cc2)C1=O. The van der Waals surface area contributed by atoms with Gasteiger partial charge in [0.2, 0.25) is 0 Å². The largest absolute Gasteiger partial charge is 0.495 e. The zero-order valence-electron chi connectivity index (χ0n) is 17.8. The van der Waals surface area contributed by atoms with Gasteiger partial charge in [-0.05, 0) is 41.8 Å². The third-order valence-electron chi connectivity index (χ3n) is 4.63. The van der Waals surface area contributed by atoms with Crippen molar-refractivity contribution in [1.29, 1.82) is 0 Å². The maximum atomic E-state index is 13.1. The van der Waals surface area contributed by atoms with E-state index in [1.165, 1.54) is 13.2 Å². The van der Waals surface area contributed by atoms with E-state index in [0.29, 0.717) is 40.3 Å². The number of hydrogen-bond donors (Lipinski definition) is 1. The van der Waals surface area contributed by atoms with Crippen LogP contribution in [0, 0.1) is 5.92 Å². The molecule has 1 aliphatic rings. The summed E-state index contributed by atoms with van der Waals surface area (Å²) in [6.45, 7) is 8.48. The predicted molar refractivity (Wildman–Crippen MR) is 122 cm³/mol. The molecule has 7 heteroatoms. The second-order valence-corrected chi connectivity index (χ2v) is 7.89. The lowest BCUT2D eigenvalue weighted by Gasteiger charge is -2.14. The van der Waals surface area contributed by atoms with E-state index < -0.39 is 11.8 Å². The fourth-order valence-corrected chi connectivity index (χ4v) is 3.32. The van der Waals surface area contributed by atoms with Gasteiger partial charge in [0, 0.05) is 11.6 Å². The third kappa shape index (κ3) is 4.91. The Kier molecular flexibility index (Phi) is 7.02. The number of ether oxygens (including phenoxy) is 2. The topological polar surface area (TPSA) is 67.9 Å². The van der Waals surface area contributed by atoms with Gasteiger partial charge in [0.15, 0.2) is 0 Å². The van der Waals surface area contributed by atoms with Crippen molar-refractivity contribution in [2.24, 2.45) is 5.92 Å². The lowest BCUT2D eigenvalue weighted by atomic mass is 10.0. The highest BCUT2D eigenvalue weighted by atomic mass is 35.5. The molecular formula is C24H25ClN2O4. The second kappa shape index (κ2) is 9.71. The van der Waals surface area contributed by atoms with Crippen LogP contribution in [0.2, 0.25) is 5.02 Å². The molecule has 0 bridgehead atoms. The van der Waals surface area contributed by atoms with Gasteiger partial charge in [0.1, 0.15) is 17.2 Å². The van der Waals surface area contributed by atoms with E-state index >= 15 is 0 Å². The van der Waals surface area contributed by atoms with Crippen molar-refractivity contribution in [2.45, 2.75) is 13.8 Å². The molecule has 2 aromatic rings. The summed E-state index contributed by atoms with van der Waals surface area (Å²) in [6.07, 6.45) is 1.51. The van der Waals surface area contributed by atoms with Gasteiger partial charge in [-0.15, -0.1) is 6.58 Å². The first kappa shape index (κ1) is 22.4. The maximum absolute atomic E-state index is 13.1. The van der Waals surface area contributed by atoms with Crippen LogP contribution in [-0.2, 0) is 9.59 Å². The van der Waals surface area contributed by atoms with Crippen LogP contribution < -0.4 is 14.8 Å². The number of nitrogens with one attached hydrogen (secondary N) is 1. The summed E-state index contributed by atoms with van der Waals surface area (Å²) < 4.78 is 11.1. The monoisotopic (exact) mass is 440 g/mol. The molecule has 31 heavy (non-hydrogen) atoms. The first-order valence-corrected chi connectivity index (χ1v) is 10.3. The van der Waals surface area contributed by atoms with Crippen LogP contribution >= 0.6 is 11.6 Å². The highest BCUT2D eigenvalue weighted by Crippen LogP contribution is 2.35. The highest BCUT2D eigenvalue weighted by Gasteiger charge is 2.38. The van der Waals surface area contributed by atoms with Crippen molar-refractivity contribution >= 4 is 34.7 Å². The molecule has 0 fully saturated rings. The van der Waals surface area contributed by atoms with Gasteiger partial charge in [-0.1, -0.05) is 43.7 Å². The lowest BCUT2D eigenvalue weighted by molar-refractivity contribution is -0.136. The Hall–Kier alpha value is -3.25. The first-order valence-electron chi connectivity index (χ1n) is 9.90. The first-order chi connectivity index (χ1) is 14.8. The Balaban J connectivity index is 2.02. The molecule has 0 aliphatic carbocycles. The van der Waals surface area contributed by atoms with E-state index in [0.717, 1.165) is 4.90 Å². The molecule has 2 amide bonds. The van der Waals surface area contributed by atoms with E-state index in [1.807, 2.05) is 0 Å². The summed E-state index contributed by atoms with van der Waals surface area (Å²) in [6, 6.07) is 12.1. The van der Waals surface area contributed by atoms with E-state index in [9.17, 15) is 9.59 Å². The molecular weight excluding hydrogens is 416 g/mol. The Bertz CT molecular complexity index is 1030. The average molecular weight is 441 g/mol. The van der Waals surface area contributed by atoms with E-state index in [4.69, 9.17) is 21.1 Å². The van der Waals surface area contributed by atoms with Crippen LogP contribution in [-0.4, -0.2) is 37.0 Å². The summed E-state index contributed by atoms with van der Waals surface area (Å²) >= 11 is 6.12. The third-order valence-corrected chi connectivity index (χ3v) is 4.86. The number of nitrogens with zero attached hydrogens (tertiary/aromatic N) is 1. The number of amides is 2. The van der Waals surface area contributed by atoms with Gasteiger partial charge < -0.3 is 14.8 Å². The van der Waals surface area contributed by atoms with E-state index in [1.54, 1.807) is 42.5 Å². The zero-order chi connectivity index (χ0) is 22.5. The molecule has 0 aromatic heterocycles. The van der Waals surface area contributed by atoms with Gasteiger partial charge in [-0.3, -0.25) is 14.5 Å². The number of rotatable bonds is 9. The minimum atomic E-state index is -0.443. The number of carbonyl (C=O) groups is 2. The number of halogens is 1. The van der Waals surface area contributed by atoms with E-state index in [-0.39, 0.29) is 17.8 Å². The molecule has 0 unspecified atom stereocenters. The molecule has 6 nitrogen and oxygen atoms in total. The molecule has 0 saturated carbocycles. The summed E-state index contributed by atoms with van der Waals surface area (Å²) in [4.78, 5) is 27.3. The molecule has 0 atom stereocenters. The molecule has 2 aromatic carbocycles. The number of carbonyl (C=O) groups excluding carboxylic acids is 2. The van der Waals surface area contributed by atoms with Crippen LogP contribution in [0.15, 0.2) is 60.8 Å². The Morgan fingerprint density at radius 2 is 1.84 bits per heavy atom. The number of hydrogen-bond acceptors (Lipinski definition) is 5. The smallest absolute Gasteiger partial charge is 0.278 e.